The normalized spacial score (nSPS) is 10.3. The summed E-state index contributed by atoms with van der Waals surface area (Å²) in [5.41, 5.74) is 2.21. The molecule has 0 fully saturated rings. The van der Waals surface area contributed by atoms with Crippen LogP contribution < -0.4 is 5.32 Å². The number of aryl methyl sites for hydroxylation is 1. The first-order valence-electron chi connectivity index (χ1n) is 7.15. The summed E-state index contributed by atoms with van der Waals surface area (Å²) in [5.74, 6) is 0.135. The average molecular weight is 247 g/mol. The third kappa shape index (κ3) is 5.85. The molecule has 2 nitrogen and oxygen atoms in total. The summed E-state index contributed by atoms with van der Waals surface area (Å²) in [5, 5.41) is 2.95. The molecule has 2 heteroatoms. The van der Waals surface area contributed by atoms with Crippen molar-refractivity contribution in [3.05, 3.63) is 29.8 Å². The van der Waals surface area contributed by atoms with Crippen LogP contribution in [0.4, 0.5) is 5.69 Å². The molecule has 0 heterocycles. The molecule has 0 aliphatic carbocycles. The summed E-state index contributed by atoms with van der Waals surface area (Å²) in [6.07, 6.45) is 7.60. The van der Waals surface area contributed by atoms with Gasteiger partial charge in [0.15, 0.2) is 0 Å². The molecule has 1 aromatic carbocycles. The van der Waals surface area contributed by atoms with Crippen LogP contribution in [0, 0.1) is 0 Å². The number of hydrogen-bond acceptors (Lipinski definition) is 1. The predicted octanol–water partition coefficient (Wildman–Crippen LogP) is 4.55. The second-order valence-electron chi connectivity index (χ2n) is 4.76. The number of carbonyl (C=O) groups excluding carboxylic acids is 1. The summed E-state index contributed by atoms with van der Waals surface area (Å²) in [7, 11) is 0. The van der Waals surface area contributed by atoms with E-state index < -0.39 is 0 Å². The van der Waals surface area contributed by atoms with Crippen LogP contribution in [0.1, 0.15) is 57.9 Å². The Balaban J connectivity index is 2.22. The molecule has 0 saturated heterocycles. The molecule has 0 radical (unpaired) electrons. The second-order valence-corrected chi connectivity index (χ2v) is 4.76. The molecule has 1 amide bonds. The van der Waals surface area contributed by atoms with E-state index in [-0.39, 0.29) is 5.91 Å². The summed E-state index contributed by atoms with van der Waals surface area (Å²) in [4.78, 5) is 11.7. The van der Waals surface area contributed by atoms with Gasteiger partial charge in [-0.05, 0) is 30.5 Å². The zero-order chi connectivity index (χ0) is 13.2. The monoisotopic (exact) mass is 247 g/mol. The molecule has 0 atom stereocenters. The van der Waals surface area contributed by atoms with E-state index in [4.69, 9.17) is 0 Å². The Bertz CT molecular complexity index is 343. The zero-order valence-electron chi connectivity index (χ0n) is 11.7. The number of unbranched alkanes of at least 4 members (excludes halogenated alkanes) is 4. The van der Waals surface area contributed by atoms with E-state index >= 15 is 0 Å². The molecule has 0 saturated carbocycles. The van der Waals surface area contributed by atoms with Crippen molar-refractivity contribution < 1.29 is 4.79 Å². The molecule has 0 aliphatic rings. The number of amides is 1. The average Bonchev–Trinajstić information content (AvgIpc) is 2.39. The fourth-order valence-electron chi connectivity index (χ4n) is 1.94. The molecule has 0 aromatic heterocycles. The number of nitrogens with one attached hydrogen (secondary N) is 1. The van der Waals surface area contributed by atoms with Crippen LogP contribution in [-0.2, 0) is 11.2 Å². The number of benzene rings is 1. The maximum Gasteiger partial charge on any atom is 0.224 e. The zero-order valence-corrected chi connectivity index (χ0v) is 11.7. The molecule has 0 bridgehead atoms. The number of anilines is 1. The lowest BCUT2D eigenvalue weighted by Crippen LogP contribution is -2.10. The van der Waals surface area contributed by atoms with Gasteiger partial charge in [-0.3, -0.25) is 4.79 Å². The molecular weight excluding hydrogens is 222 g/mol. The fraction of sp³-hybridized carbons (Fsp3) is 0.562. The molecule has 18 heavy (non-hydrogen) atoms. The number of hydrogen-bond donors (Lipinski definition) is 1. The van der Waals surface area contributed by atoms with Gasteiger partial charge in [0.2, 0.25) is 5.91 Å². The van der Waals surface area contributed by atoms with Crippen molar-refractivity contribution >= 4 is 11.6 Å². The van der Waals surface area contributed by atoms with Crippen LogP contribution in [0.15, 0.2) is 24.3 Å². The molecule has 0 unspecified atom stereocenters. The Labute approximate surface area is 111 Å². The standard InChI is InChI=1S/C16H25NO/c1-3-5-6-7-8-9-16(18)17-15-12-10-14(4-2)11-13-15/h10-13H,3-9H2,1-2H3,(H,17,18). The van der Waals surface area contributed by atoms with E-state index in [0.29, 0.717) is 6.42 Å². The first-order chi connectivity index (χ1) is 8.76. The van der Waals surface area contributed by atoms with Crippen LogP contribution in [0.5, 0.6) is 0 Å². The third-order valence-electron chi connectivity index (χ3n) is 3.15. The van der Waals surface area contributed by atoms with Crippen molar-refractivity contribution in [2.45, 2.75) is 58.8 Å². The molecule has 0 spiro atoms. The van der Waals surface area contributed by atoms with E-state index in [9.17, 15) is 4.79 Å². The van der Waals surface area contributed by atoms with Gasteiger partial charge in [-0.2, -0.15) is 0 Å². The van der Waals surface area contributed by atoms with Gasteiger partial charge < -0.3 is 5.32 Å². The van der Waals surface area contributed by atoms with Crippen LogP contribution >= 0.6 is 0 Å². The van der Waals surface area contributed by atoms with Crippen LogP contribution in [0.3, 0.4) is 0 Å². The first-order valence-corrected chi connectivity index (χ1v) is 7.15. The third-order valence-corrected chi connectivity index (χ3v) is 3.15. The van der Waals surface area contributed by atoms with Gasteiger partial charge in [0.1, 0.15) is 0 Å². The Morgan fingerprint density at radius 1 is 1.00 bits per heavy atom. The van der Waals surface area contributed by atoms with Crippen molar-refractivity contribution in [1.82, 2.24) is 0 Å². The van der Waals surface area contributed by atoms with Crippen LogP contribution in [0.25, 0.3) is 0 Å². The Morgan fingerprint density at radius 2 is 1.67 bits per heavy atom. The van der Waals surface area contributed by atoms with Crippen molar-refractivity contribution in [2.75, 3.05) is 5.32 Å². The maximum absolute atomic E-state index is 11.7. The summed E-state index contributed by atoms with van der Waals surface area (Å²) >= 11 is 0. The fourth-order valence-corrected chi connectivity index (χ4v) is 1.94. The molecular formula is C16H25NO. The van der Waals surface area contributed by atoms with Gasteiger partial charge in [-0.15, -0.1) is 0 Å². The van der Waals surface area contributed by atoms with E-state index in [1.807, 2.05) is 12.1 Å². The number of carbonyl (C=O) groups is 1. The van der Waals surface area contributed by atoms with E-state index in [2.05, 4.69) is 31.3 Å². The van der Waals surface area contributed by atoms with E-state index in [0.717, 1.165) is 24.9 Å². The predicted molar refractivity (Wildman–Crippen MR) is 77.8 cm³/mol. The van der Waals surface area contributed by atoms with Gasteiger partial charge in [0.05, 0.1) is 0 Å². The van der Waals surface area contributed by atoms with Crippen molar-refractivity contribution in [1.29, 1.82) is 0 Å². The SMILES string of the molecule is CCCCCCCC(=O)Nc1ccc(CC)cc1. The Morgan fingerprint density at radius 3 is 2.28 bits per heavy atom. The highest BCUT2D eigenvalue weighted by molar-refractivity contribution is 5.90. The van der Waals surface area contributed by atoms with E-state index in [1.165, 1.54) is 24.8 Å². The van der Waals surface area contributed by atoms with Crippen LogP contribution in [-0.4, -0.2) is 5.91 Å². The van der Waals surface area contributed by atoms with Gasteiger partial charge >= 0.3 is 0 Å². The summed E-state index contributed by atoms with van der Waals surface area (Å²) in [6, 6.07) is 8.09. The lowest BCUT2D eigenvalue weighted by molar-refractivity contribution is -0.116. The topological polar surface area (TPSA) is 29.1 Å². The highest BCUT2D eigenvalue weighted by Crippen LogP contribution is 2.11. The Hall–Kier alpha value is -1.31. The van der Waals surface area contributed by atoms with E-state index in [1.54, 1.807) is 0 Å². The van der Waals surface area contributed by atoms with Gasteiger partial charge in [-0.1, -0.05) is 51.7 Å². The summed E-state index contributed by atoms with van der Waals surface area (Å²) < 4.78 is 0. The highest BCUT2D eigenvalue weighted by Gasteiger charge is 2.01. The largest absolute Gasteiger partial charge is 0.326 e. The second kappa shape index (κ2) is 8.73. The van der Waals surface area contributed by atoms with Crippen molar-refractivity contribution in [3.63, 3.8) is 0 Å². The lowest BCUT2D eigenvalue weighted by atomic mass is 10.1. The van der Waals surface area contributed by atoms with Gasteiger partial charge in [0.25, 0.3) is 0 Å². The quantitative estimate of drug-likeness (QED) is 0.671. The molecule has 0 aliphatic heterocycles. The maximum atomic E-state index is 11.7. The molecule has 1 aromatic rings. The first kappa shape index (κ1) is 14.7. The molecule has 1 N–H and O–H groups in total. The highest BCUT2D eigenvalue weighted by atomic mass is 16.1. The summed E-state index contributed by atoms with van der Waals surface area (Å²) in [6.45, 7) is 4.33. The minimum atomic E-state index is 0.135. The number of rotatable bonds is 8. The van der Waals surface area contributed by atoms with Gasteiger partial charge in [-0.25, -0.2) is 0 Å². The van der Waals surface area contributed by atoms with Crippen molar-refractivity contribution in [2.24, 2.45) is 0 Å². The van der Waals surface area contributed by atoms with Gasteiger partial charge in [0, 0.05) is 12.1 Å². The van der Waals surface area contributed by atoms with Crippen LogP contribution in [0.2, 0.25) is 0 Å². The van der Waals surface area contributed by atoms with Crippen molar-refractivity contribution in [3.8, 4) is 0 Å². The molecule has 100 valence electrons. The minimum absolute atomic E-state index is 0.135. The molecule has 1 rings (SSSR count). The smallest absolute Gasteiger partial charge is 0.224 e. The minimum Gasteiger partial charge on any atom is -0.326 e. The lowest BCUT2D eigenvalue weighted by Gasteiger charge is -2.06. The Kier molecular flexibility index (Phi) is 7.16.